The molecule has 0 saturated carbocycles. The molecule has 1 aliphatic heterocycles. The molecular weight excluding hydrogens is 174 g/mol. The minimum atomic E-state index is -0.473. The van der Waals surface area contributed by atoms with Crippen molar-refractivity contribution in [3.05, 3.63) is 0 Å². The summed E-state index contributed by atoms with van der Waals surface area (Å²) < 4.78 is 0. The number of rotatable bonds is 4. The number of likely N-dealkylation sites (tertiary alicyclic amines) is 1. The molecule has 1 N–H and O–H groups in total. The molecule has 0 amide bonds. The summed E-state index contributed by atoms with van der Waals surface area (Å²) in [6.07, 6.45) is 7.34. The van der Waals surface area contributed by atoms with Gasteiger partial charge < -0.3 is 10.0 Å². The van der Waals surface area contributed by atoms with E-state index in [0.29, 0.717) is 0 Å². The molecule has 0 aromatic heterocycles. The highest BCUT2D eigenvalue weighted by molar-refractivity contribution is 4.78. The first-order valence-electron chi connectivity index (χ1n) is 6.09. The van der Waals surface area contributed by atoms with Crippen LogP contribution in [0.2, 0.25) is 0 Å². The molecule has 1 unspecified atom stereocenters. The van der Waals surface area contributed by atoms with Gasteiger partial charge in [0, 0.05) is 6.54 Å². The van der Waals surface area contributed by atoms with Crippen LogP contribution in [0.25, 0.3) is 0 Å². The van der Waals surface area contributed by atoms with E-state index in [9.17, 15) is 5.11 Å². The third kappa shape index (κ3) is 4.43. The lowest BCUT2D eigenvalue weighted by Gasteiger charge is -2.30. The summed E-state index contributed by atoms with van der Waals surface area (Å²) in [5.74, 6) is 0. The Bertz CT molecular complexity index is 148. The standard InChI is InChI=1S/C12H25NO/c1-3-8-12(2,14)11-13-9-6-4-5-7-10-13/h14H,3-11H2,1-2H3. The van der Waals surface area contributed by atoms with E-state index in [2.05, 4.69) is 11.8 Å². The maximum absolute atomic E-state index is 10.1. The molecule has 1 aliphatic rings. The average molecular weight is 199 g/mol. The maximum atomic E-state index is 10.1. The number of β-amino-alcohol motifs (C(OH)–C–C–N with tert-alkyl or cyclic N) is 1. The van der Waals surface area contributed by atoms with E-state index in [1.54, 1.807) is 0 Å². The highest BCUT2D eigenvalue weighted by atomic mass is 16.3. The summed E-state index contributed by atoms with van der Waals surface area (Å²) in [7, 11) is 0. The van der Waals surface area contributed by atoms with Crippen molar-refractivity contribution in [3.8, 4) is 0 Å². The van der Waals surface area contributed by atoms with Gasteiger partial charge in [0.1, 0.15) is 0 Å². The van der Waals surface area contributed by atoms with Crippen molar-refractivity contribution >= 4 is 0 Å². The molecule has 2 heteroatoms. The lowest BCUT2D eigenvalue weighted by molar-refractivity contribution is 0.0127. The van der Waals surface area contributed by atoms with Crippen LogP contribution in [-0.2, 0) is 0 Å². The summed E-state index contributed by atoms with van der Waals surface area (Å²) in [6, 6.07) is 0. The number of aliphatic hydroxyl groups is 1. The molecule has 0 bridgehead atoms. The molecule has 84 valence electrons. The van der Waals surface area contributed by atoms with E-state index in [0.717, 1.165) is 19.4 Å². The van der Waals surface area contributed by atoms with E-state index in [1.165, 1.54) is 38.8 Å². The number of hydrogen-bond donors (Lipinski definition) is 1. The van der Waals surface area contributed by atoms with Crippen LogP contribution in [0.15, 0.2) is 0 Å². The van der Waals surface area contributed by atoms with Crippen LogP contribution >= 0.6 is 0 Å². The second kappa shape index (κ2) is 5.72. The predicted molar refractivity (Wildman–Crippen MR) is 60.4 cm³/mol. The first kappa shape index (κ1) is 12.0. The van der Waals surface area contributed by atoms with E-state index in [4.69, 9.17) is 0 Å². The van der Waals surface area contributed by atoms with Crippen molar-refractivity contribution in [2.45, 2.75) is 58.0 Å². The molecule has 1 heterocycles. The predicted octanol–water partition coefficient (Wildman–Crippen LogP) is 2.41. The normalized spacial score (nSPS) is 24.2. The Kier molecular flexibility index (Phi) is 4.90. The van der Waals surface area contributed by atoms with Gasteiger partial charge in [0.15, 0.2) is 0 Å². The molecular formula is C12H25NO. The molecule has 2 nitrogen and oxygen atoms in total. The summed E-state index contributed by atoms with van der Waals surface area (Å²) >= 11 is 0. The van der Waals surface area contributed by atoms with Gasteiger partial charge >= 0.3 is 0 Å². The first-order valence-corrected chi connectivity index (χ1v) is 6.09. The van der Waals surface area contributed by atoms with Crippen LogP contribution in [0.4, 0.5) is 0 Å². The van der Waals surface area contributed by atoms with E-state index >= 15 is 0 Å². The minimum Gasteiger partial charge on any atom is -0.389 e. The zero-order valence-corrected chi connectivity index (χ0v) is 9.76. The highest BCUT2D eigenvalue weighted by Crippen LogP contribution is 2.17. The first-order chi connectivity index (χ1) is 6.64. The molecule has 0 aromatic rings. The lowest BCUT2D eigenvalue weighted by atomic mass is 10.00. The van der Waals surface area contributed by atoms with E-state index in [1.807, 2.05) is 6.92 Å². The van der Waals surface area contributed by atoms with Crippen LogP contribution in [0.3, 0.4) is 0 Å². The highest BCUT2D eigenvalue weighted by Gasteiger charge is 2.23. The Labute approximate surface area is 88.3 Å². The molecule has 0 aliphatic carbocycles. The summed E-state index contributed by atoms with van der Waals surface area (Å²) in [4.78, 5) is 2.43. The molecule has 0 radical (unpaired) electrons. The van der Waals surface area contributed by atoms with Crippen LogP contribution in [0.1, 0.15) is 52.4 Å². The molecule has 1 saturated heterocycles. The van der Waals surface area contributed by atoms with Gasteiger partial charge in [-0.05, 0) is 39.3 Å². The molecule has 0 spiro atoms. The SMILES string of the molecule is CCCC(C)(O)CN1CCCCCC1. The van der Waals surface area contributed by atoms with Crippen LogP contribution in [0, 0.1) is 0 Å². The molecule has 1 fully saturated rings. The Morgan fingerprint density at radius 2 is 1.71 bits per heavy atom. The maximum Gasteiger partial charge on any atom is 0.0746 e. The van der Waals surface area contributed by atoms with Gasteiger partial charge in [0.2, 0.25) is 0 Å². The fourth-order valence-electron chi connectivity index (χ4n) is 2.39. The quantitative estimate of drug-likeness (QED) is 0.751. The Morgan fingerprint density at radius 1 is 1.14 bits per heavy atom. The largest absolute Gasteiger partial charge is 0.389 e. The third-order valence-electron chi connectivity index (χ3n) is 3.05. The summed E-state index contributed by atoms with van der Waals surface area (Å²) in [6.45, 7) is 7.33. The minimum absolute atomic E-state index is 0.473. The summed E-state index contributed by atoms with van der Waals surface area (Å²) in [5.41, 5.74) is -0.473. The topological polar surface area (TPSA) is 23.5 Å². The summed E-state index contributed by atoms with van der Waals surface area (Å²) in [5, 5.41) is 10.1. The number of hydrogen-bond acceptors (Lipinski definition) is 2. The monoisotopic (exact) mass is 199 g/mol. The molecule has 1 atom stereocenters. The van der Waals surface area contributed by atoms with Crippen molar-refractivity contribution in [2.24, 2.45) is 0 Å². The average Bonchev–Trinajstić information content (AvgIpc) is 2.31. The molecule has 0 aromatic carbocycles. The van der Waals surface area contributed by atoms with Gasteiger partial charge in [-0.25, -0.2) is 0 Å². The van der Waals surface area contributed by atoms with Gasteiger partial charge in [-0.3, -0.25) is 0 Å². The zero-order chi connectivity index (χ0) is 10.4. The van der Waals surface area contributed by atoms with Gasteiger partial charge in [-0.1, -0.05) is 26.2 Å². The second-order valence-electron chi connectivity index (χ2n) is 4.94. The van der Waals surface area contributed by atoms with Crippen LogP contribution in [-0.4, -0.2) is 35.2 Å². The van der Waals surface area contributed by atoms with Crippen molar-refractivity contribution < 1.29 is 5.11 Å². The van der Waals surface area contributed by atoms with Crippen molar-refractivity contribution in [3.63, 3.8) is 0 Å². The van der Waals surface area contributed by atoms with Crippen LogP contribution in [0.5, 0.6) is 0 Å². The van der Waals surface area contributed by atoms with Crippen LogP contribution < -0.4 is 0 Å². The van der Waals surface area contributed by atoms with Crippen molar-refractivity contribution in [1.82, 2.24) is 4.90 Å². The van der Waals surface area contributed by atoms with Gasteiger partial charge in [-0.2, -0.15) is 0 Å². The van der Waals surface area contributed by atoms with Gasteiger partial charge in [0.25, 0.3) is 0 Å². The number of nitrogens with zero attached hydrogens (tertiary/aromatic N) is 1. The van der Waals surface area contributed by atoms with Gasteiger partial charge in [0.05, 0.1) is 5.60 Å². The van der Waals surface area contributed by atoms with Crippen molar-refractivity contribution in [2.75, 3.05) is 19.6 Å². The van der Waals surface area contributed by atoms with E-state index < -0.39 is 5.60 Å². The molecule has 14 heavy (non-hydrogen) atoms. The Balaban J connectivity index is 2.33. The fourth-order valence-corrected chi connectivity index (χ4v) is 2.39. The molecule has 1 rings (SSSR count). The Hall–Kier alpha value is -0.0800. The fraction of sp³-hybridized carbons (Fsp3) is 1.00. The van der Waals surface area contributed by atoms with E-state index in [-0.39, 0.29) is 0 Å². The zero-order valence-electron chi connectivity index (χ0n) is 9.76. The second-order valence-corrected chi connectivity index (χ2v) is 4.94. The Morgan fingerprint density at radius 3 is 2.21 bits per heavy atom. The van der Waals surface area contributed by atoms with Gasteiger partial charge in [-0.15, -0.1) is 0 Å². The van der Waals surface area contributed by atoms with Crippen molar-refractivity contribution in [1.29, 1.82) is 0 Å². The lowest BCUT2D eigenvalue weighted by Crippen LogP contribution is -2.41. The smallest absolute Gasteiger partial charge is 0.0746 e. The third-order valence-corrected chi connectivity index (χ3v) is 3.05.